The molecule has 2 atom stereocenters. The zero-order valence-corrected chi connectivity index (χ0v) is 11.8. The quantitative estimate of drug-likeness (QED) is 0.823. The highest BCUT2D eigenvalue weighted by molar-refractivity contribution is 5.76. The SMILES string of the molecule is CCC1CCC(=O)N(CC(N)C(C)(C)C)CC1. The van der Waals surface area contributed by atoms with Crippen molar-refractivity contribution in [2.75, 3.05) is 13.1 Å². The van der Waals surface area contributed by atoms with E-state index in [1.807, 2.05) is 4.90 Å². The minimum atomic E-state index is 0.0598. The fraction of sp³-hybridized carbons (Fsp3) is 0.929. The van der Waals surface area contributed by atoms with Crippen LogP contribution in [0.5, 0.6) is 0 Å². The lowest BCUT2D eigenvalue weighted by Gasteiger charge is -2.32. The van der Waals surface area contributed by atoms with E-state index < -0.39 is 0 Å². The van der Waals surface area contributed by atoms with Crippen molar-refractivity contribution in [3.63, 3.8) is 0 Å². The molecule has 2 N–H and O–H groups in total. The van der Waals surface area contributed by atoms with E-state index in [4.69, 9.17) is 5.73 Å². The summed E-state index contributed by atoms with van der Waals surface area (Å²) in [5, 5.41) is 0. The van der Waals surface area contributed by atoms with Crippen molar-refractivity contribution < 1.29 is 4.79 Å². The molecular formula is C14H28N2O. The summed E-state index contributed by atoms with van der Waals surface area (Å²) < 4.78 is 0. The van der Waals surface area contributed by atoms with Gasteiger partial charge in [0.2, 0.25) is 5.91 Å². The van der Waals surface area contributed by atoms with Gasteiger partial charge in [-0.1, -0.05) is 34.1 Å². The zero-order chi connectivity index (χ0) is 13.1. The summed E-state index contributed by atoms with van der Waals surface area (Å²) in [5.41, 5.74) is 6.23. The monoisotopic (exact) mass is 240 g/mol. The molecule has 2 unspecified atom stereocenters. The minimum absolute atomic E-state index is 0.0598. The third-order valence-corrected chi connectivity index (χ3v) is 4.03. The molecule has 0 aliphatic carbocycles. The first-order valence-electron chi connectivity index (χ1n) is 6.88. The zero-order valence-electron chi connectivity index (χ0n) is 11.8. The van der Waals surface area contributed by atoms with Gasteiger partial charge in [-0.3, -0.25) is 4.79 Å². The molecule has 100 valence electrons. The van der Waals surface area contributed by atoms with Gasteiger partial charge >= 0.3 is 0 Å². The lowest BCUT2D eigenvalue weighted by molar-refractivity contribution is -0.131. The molecule has 0 aromatic heterocycles. The average molecular weight is 240 g/mol. The van der Waals surface area contributed by atoms with Gasteiger partial charge in [-0.15, -0.1) is 0 Å². The van der Waals surface area contributed by atoms with E-state index in [0.717, 1.165) is 25.3 Å². The molecule has 1 aliphatic rings. The molecule has 1 heterocycles. The van der Waals surface area contributed by atoms with Crippen molar-refractivity contribution in [2.45, 2.75) is 59.4 Å². The molecule has 0 radical (unpaired) electrons. The molecule has 1 rings (SSSR count). The number of carbonyl (C=O) groups excluding carboxylic acids is 1. The number of hydrogen-bond donors (Lipinski definition) is 1. The summed E-state index contributed by atoms with van der Waals surface area (Å²) in [7, 11) is 0. The molecule has 0 bridgehead atoms. The maximum Gasteiger partial charge on any atom is 0.222 e. The molecule has 0 aromatic carbocycles. The second-order valence-corrected chi connectivity index (χ2v) is 6.41. The lowest BCUT2D eigenvalue weighted by atomic mass is 9.87. The topological polar surface area (TPSA) is 46.3 Å². The van der Waals surface area contributed by atoms with Crippen LogP contribution >= 0.6 is 0 Å². The number of rotatable bonds is 3. The summed E-state index contributed by atoms with van der Waals surface area (Å²) in [5.74, 6) is 1.01. The number of amides is 1. The van der Waals surface area contributed by atoms with Gasteiger partial charge in [-0.05, 0) is 24.2 Å². The molecule has 1 amide bonds. The second kappa shape index (κ2) is 5.85. The van der Waals surface area contributed by atoms with Gasteiger partial charge in [-0.2, -0.15) is 0 Å². The molecule has 0 saturated carbocycles. The molecule has 3 heteroatoms. The maximum atomic E-state index is 12.0. The van der Waals surface area contributed by atoms with Crippen LogP contribution in [0, 0.1) is 11.3 Å². The highest BCUT2D eigenvalue weighted by Crippen LogP contribution is 2.23. The van der Waals surface area contributed by atoms with Crippen LogP contribution in [0.3, 0.4) is 0 Å². The van der Waals surface area contributed by atoms with Crippen LogP contribution in [0.4, 0.5) is 0 Å². The molecule has 1 aliphatic heterocycles. The Morgan fingerprint density at radius 3 is 2.59 bits per heavy atom. The van der Waals surface area contributed by atoms with E-state index in [-0.39, 0.29) is 11.5 Å². The van der Waals surface area contributed by atoms with Gasteiger partial charge in [0.25, 0.3) is 0 Å². The van der Waals surface area contributed by atoms with E-state index >= 15 is 0 Å². The smallest absolute Gasteiger partial charge is 0.222 e. The van der Waals surface area contributed by atoms with E-state index in [1.54, 1.807) is 0 Å². The van der Waals surface area contributed by atoms with Crippen molar-refractivity contribution in [1.29, 1.82) is 0 Å². The van der Waals surface area contributed by atoms with Crippen LogP contribution in [-0.4, -0.2) is 29.9 Å². The maximum absolute atomic E-state index is 12.0. The first-order chi connectivity index (χ1) is 7.84. The predicted molar refractivity (Wildman–Crippen MR) is 71.6 cm³/mol. The standard InChI is InChI=1S/C14H28N2O/c1-5-11-6-7-13(17)16(9-8-11)10-12(15)14(2,3)4/h11-12H,5-10,15H2,1-4H3. The third-order valence-electron chi connectivity index (χ3n) is 4.03. The van der Waals surface area contributed by atoms with E-state index in [1.165, 1.54) is 6.42 Å². The van der Waals surface area contributed by atoms with E-state index in [2.05, 4.69) is 27.7 Å². The Hall–Kier alpha value is -0.570. The first-order valence-corrected chi connectivity index (χ1v) is 6.88. The van der Waals surface area contributed by atoms with Crippen molar-refractivity contribution in [3.05, 3.63) is 0 Å². The number of nitrogens with zero attached hydrogens (tertiary/aromatic N) is 1. The van der Waals surface area contributed by atoms with Crippen LogP contribution in [0.1, 0.15) is 53.4 Å². The lowest BCUT2D eigenvalue weighted by Crippen LogP contribution is -2.47. The highest BCUT2D eigenvalue weighted by Gasteiger charge is 2.27. The molecule has 3 nitrogen and oxygen atoms in total. The number of likely N-dealkylation sites (tertiary alicyclic amines) is 1. The summed E-state index contributed by atoms with van der Waals surface area (Å²) in [6.07, 6.45) is 4.08. The number of hydrogen-bond acceptors (Lipinski definition) is 2. The Morgan fingerprint density at radius 1 is 1.41 bits per heavy atom. The van der Waals surface area contributed by atoms with Gasteiger partial charge in [0.05, 0.1) is 0 Å². The van der Waals surface area contributed by atoms with Crippen LogP contribution in [0.15, 0.2) is 0 Å². The fourth-order valence-corrected chi connectivity index (χ4v) is 2.21. The van der Waals surface area contributed by atoms with Crippen LogP contribution in [0.2, 0.25) is 0 Å². The Bertz CT molecular complexity index is 257. The second-order valence-electron chi connectivity index (χ2n) is 6.41. The number of carbonyl (C=O) groups is 1. The van der Waals surface area contributed by atoms with Gasteiger partial charge in [0.15, 0.2) is 0 Å². The molecule has 1 saturated heterocycles. The highest BCUT2D eigenvalue weighted by atomic mass is 16.2. The molecule has 0 aromatic rings. The number of nitrogens with two attached hydrogens (primary N) is 1. The van der Waals surface area contributed by atoms with Crippen molar-refractivity contribution in [1.82, 2.24) is 4.90 Å². The van der Waals surface area contributed by atoms with Gasteiger partial charge < -0.3 is 10.6 Å². The Kier molecular flexibility index (Phi) is 4.99. The largest absolute Gasteiger partial charge is 0.341 e. The fourth-order valence-electron chi connectivity index (χ4n) is 2.21. The Balaban J connectivity index is 2.55. The first kappa shape index (κ1) is 14.5. The van der Waals surface area contributed by atoms with Gasteiger partial charge in [-0.25, -0.2) is 0 Å². The van der Waals surface area contributed by atoms with Crippen LogP contribution in [-0.2, 0) is 4.79 Å². The van der Waals surface area contributed by atoms with Crippen molar-refractivity contribution in [3.8, 4) is 0 Å². The Morgan fingerprint density at radius 2 is 2.06 bits per heavy atom. The summed E-state index contributed by atoms with van der Waals surface area (Å²) in [6, 6.07) is 0.0598. The third kappa shape index (κ3) is 4.30. The summed E-state index contributed by atoms with van der Waals surface area (Å²) in [4.78, 5) is 14.0. The Labute approximate surface area is 106 Å². The van der Waals surface area contributed by atoms with Crippen molar-refractivity contribution in [2.24, 2.45) is 17.1 Å². The van der Waals surface area contributed by atoms with E-state index in [0.29, 0.717) is 18.9 Å². The van der Waals surface area contributed by atoms with Crippen LogP contribution < -0.4 is 5.73 Å². The van der Waals surface area contributed by atoms with Gasteiger partial charge in [0.1, 0.15) is 0 Å². The normalized spacial score (nSPS) is 24.6. The predicted octanol–water partition coefficient (Wildman–Crippen LogP) is 2.40. The van der Waals surface area contributed by atoms with E-state index in [9.17, 15) is 4.79 Å². The molecular weight excluding hydrogens is 212 g/mol. The molecule has 0 spiro atoms. The minimum Gasteiger partial charge on any atom is -0.341 e. The van der Waals surface area contributed by atoms with Crippen LogP contribution in [0.25, 0.3) is 0 Å². The molecule has 17 heavy (non-hydrogen) atoms. The molecule has 1 fully saturated rings. The summed E-state index contributed by atoms with van der Waals surface area (Å²) in [6.45, 7) is 10.2. The average Bonchev–Trinajstić information content (AvgIpc) is 2.41. The van der Waals surface area contributed by atoms with Gasteiger partial charge in [0, 0.05) is 25.6 Å². The summed E-state index contributed by atoms with van der Waals surface area (Å²) >= 11 is 0. The van der Waals surface area contributed by atoms with Crippen molar-refractivity contribution >= 4 is 5.91 Å².